The van der Waals surface area contributed by atoms with E-state index in [0.29, 0.717) is 6.07 Å². The van der Waals surface area contributed by atoms with Gasteiger partial charge in [-0.25, -0.2) is 13.5 Å². The van der Waals surface area contributed by atoms with Gasteiger partial charge in [-0.2, -0.15) is 23.5 Å². The van der Waals surface area contributed by atoms with E-state index < -0.39 is 41.1 Å². The molecule has 0 bridgehead atoms. The highest BCUT2D eigenvalue weighted by Crippen LogP contribution is 2.32. The average Bonchev–Trinajstić information content (AvgIpc) is 3.08. The Bertz CT molecular complexity index is 1100. The molecule has 142 valence electrons. The number of rotatable bonds is 4. The number of aromatic nitrogens is 2. The Morgan fingerprint density at radius 2 is 1.86 bits per heavy atom. The van der Waals surface area contributed by atoms with Gasteiger partial charge in [0, 0.05) is 17.8 Å². The maximum absolute atomic E-state index is 14.1. The molecule has 0 atom stereocenters. The van der Waals surface area contributed by atoms with Gasteiger partial charge >= 0.3 is 6.18 Å². The van der Waals surface area contributed by atoms with Gasteiger partial charge in [-0.3, -0.25) is 4.79 Å². The second kappa shape index (κ2) is 7.23. The molecule has 0 spiro atoms. The predicted octanol–water partition coefficient (Wildman–Crippen LogP) is 4.47. The number of hydrogen-bond acceptors (Lipinski definition) is 3. The first-order valence-corrected chi connectivity index (χ1v) is 7.84. The molecular formula is C19H10F5N3O. The van der Waals surface area contributed by atoms with Crippen LogP contribution in [0.1, 0.15) is 27.2 Å². The SMILES string of the molecule is N#Cc1cc(F)cc(F)c1-n1ccc(CC(=O)c2ccccc2C(F)(F)F)n1. The molecule has 9 heteroatoms. The van der Waals surface area contributed by atoms with Crippen molar-refractivity contribution in [3.05, 3.63) is 82.7 Å². The third-order valence-corrected chi connectivity index (χ3v) is 3.90. The Morgan fingerprint density at radius 1 is 1.14 bits per heavy atom. The summed E-state index contributed by atoms with van der Waals surface area (Å²) in [6.07, 6.45) is -3.93. The van der Waals surface area contributed by atoms with Crippen LogP contribution in [0.15, 0.2) is 48.7 Å². The van der Waals surface area contributed by atoms with E-state index in [1.807, 2.05) is 0 Å². The second-order valence-electron chi connectivity index (χ2n) is 5.79. The summed E-state index contributed by atoms with van der Waals surface area (Å²) in [6, 6.07) is 8.70. The van der Waals surface area contributed by atoms with E-state index in [-0.39, 0.29) is 16.9 Å². The highest BCUT2D eigenvalue weighted by Gasteiger charge is 2.34. The second-order valence-corrected chi connectivity index (χ2v) is 5.79. The first-order valence-electron chi connectivity index (χ1n) is 7.84. The Morgan fingerprint density at radius 3 is 2.54 bits per heavy atom. The van der Waals surface area contributed by atoms with Gasteiger partial charge in [-0.05, 0) is 18.2 Å². The van der Waals surface area contributed by atoms with Crippen LogP contribution in [-0.4, -0.2) is 15.6 Å². The summed E-state index contributed by atoms with van der Waals surface area (Å²) >= 11 is 0. The number of hydrogen-bond donors (Lipinski definition) is 0. The van der Waals surface area contributed by atoms with E-state index in [0.717, 1.165) is 22.9 Å². The van der Waals surface area contributed by atoms with Crippen molar-refractivity contribution >= 4 is 5.78 Å². The standard InChI is InChI=1S/C19H10F5N3O/c20-12-7-11(10-25)18(16(21)8-12)27-6-5-13(26-27)9-17(28)14-3-1-2-4-15(14)19(22,23)24/h1-8H,9H2. The maximum Gasteiger partial charge on any atom is 0.417 e. The lowest BCUT2D eigenvalue weighted by molar-refractivity contribution is -0.137. The molecule has 0 radical (unpaired) electrons. The van der Waals surface area contributed by atoms with Crippen molar-refractivity contribution < 1.29 is 26.7 Å². The van der Waals surface area contributed by atoms with Gasteiger partial charge in [0.05, 0.1) is 23.2 Å². The molecular weight excluding hydrogens is 381 g/mol. The Balaban J connectivity index is 1.92. The van der Waals surface area contributed by atoms with Crippen LogP contribution in [0.2, 0.25) is 0 Å². The monoisotopic (exact) mass is 391 g/mol. The largest absolute Gasteiger partial charge is 0.417 e. The summed E-state index contributed by atoms with van der Waals surface area (Å²) in [6.45, 7) is 0. The van der Waals surface area contributed by atoms with E-state index in [1.54, 1.807) is 6.07 Å². The van der Waals surface area contributed by atoms with E-state index in [2.05, 4.69) is 5.10 Å². The topological polar surface area (TPSA) is 58.7 Å². The number of carbonyl (C=O) groups is 1. The minimum atomic E-state index is -4.69. The molecule has 0 saturated carbocycles. The number of halogens is 5. The summed E-state index contributed by atoms with van der Waals surface area (Å²) in [5.74, 6) is -2.80. The minimum absolute atomic E-state index is 0.0644. The molecule has 0 unspecified atom stereocenters. The van der Waals surface area contributed by atoms with Crippen molar-refractivity contribution in [1.82, 2.24) is 9.78 Å². The van der Waals surface area contributed by atoms with Crippen molar-refractivity contribution in [3.63, 3.8) is 0 Å². The number of Topliss-reactive ketones (excluding diaryl/α,β-unsaturated/α-hetero) is 1. The third-order valence-electron chi connectivity index (χ3n) is 3.90. The normalized spacial score (nSPS) is 11.3. The van der Waals surface area contributed by atoms with Gasteiger partial charge in [0.25, 0.3) is 0 Å². The highest BCUT2D eigenvalue weighted by atomic mass is 19.4. The Kier molecular flexibility index (Phi) is 4.96. The van der Waals surface area contributed by atoms with Crippen LogP contribution in [0.4, 0.5) is 22.0 Å². The lowest BCUT2D eigenvalue weighted by Gasteiger charge is -2.11. The lowest BCUT2D eigenvalue weighted by atomic mass is 10.0. The molecule has 3 rings (SSSR count). The van der Waals surface area contributed by atoms with Gasteiger partial charge in [0.1, 0.15) is 17.6 Å². The molecule has 4 nitrogen and oxygen atoms in total. The summed E-state index contributed by atoms with van der Waals surface area (Å²) in [7, 11) is 0. The molecule has 0 N–H and O–H groups in total. The summed E-state index contributed by atoms with van der Waals surface area (Å²) in [5.41, 5.74) is -2.14. The fraction of sp³-hybridized carbons (Fsp3) is 0.105. The maximum atomic E-state index is 14.1. The molecule has 28 heavy (non-hydrogen) atoms. The molecule has 0 aliphatic heterocycles. The fourth-order valence-corrected chi connectivity index (χ4v) is 2.70. The number of benzene rings is 2. The molecule has 3 aromatic rings. The van der Waals surface area contributed by atoms with Gasteiger partial charge in [0.2, 0.25) is 0 Å². The predicted molar refractivity (Wildman–Crippen MR) is 87.7 cm³/mol. The van der Waals surface area contributed by atoms with E-state index in [1.165, 1.54) is 24.4 Å². The fourth-order valence-electron chi connectivity index (χ4n) is 2.70. The molecule has 2 aromatic carbocycles. The summed E-state index contributed by atoms with van der Waals surface area (Å²) in [5, 5.41) is 13.0. The Hall–Kier alpha value is -3.54. The van der Waals surface area contributed by atoms with Crippen LogP contribution < -0.4 is 0 Å². The number of ketones is 1. The van der Waals surface area contributed by atoms with Crippen molar-refractivity contribution in [2.45, 2.75) is 12.6 Å². The number of carbonyl (C=O) groups excluding carboxylic acids is 1. The molecule has 1 heterocycles. The molecule has 0 aliphatic carbocycles. The minimum Gasteiger partial charge on any atom is -0.294 e. The van der Waals surface area contributed by atoms with Gasteiger partial charge < -0.3 is 0 Å². The van der Waals surface area contributed by atoms with Crippen LogP contribution in [0.25, 0.3) is 5.69 Å². The molecule has 1 aromatic heterocycles. The van der Waals surface area contributed by atoms with E-state index >= 15 is 0 Å². The van der Waals surface area contributed by atoms with Crippen LogP contribution in [0.3, 0.4) is 0 Å². The lowest BCUT2D eigenvalue weighted by Crippen LogP contribution is -2.14. The zero-order valence-corrected chi connectivity index (χ0v) is 14.0. The van der Waals surface area contributed by atoms with Crippen LogP contribution >= 0.6 is 0 Å². The van der Waals surface area contributed by atoms with Crippen molar-refractivity contribution in [2.75, 3.05) is 0 Å². The van der Waals surface area contributed by atoms with Crippen LogP contribution in [0, 0.1) is 23.0 Å². The van der Waals surface area contributed by atoms with E-state index in [4.69, 9.17) is 5.26 Å². The number of alkyl halides is 3. The van der Waals surface area contributed by atoms with Crippen LogP contribution in [0.5, 0.6) is 0 Å². The number of nitrogens with zero attached hydrogens (tertiary/aromatic N) is 3. The summed E-state index contributed by atoms with van der Waals surface area (Å²) in [4.78, 5) is 12.3. The van der Waals surface area contributed by atoms with Crippen molar-refractivity contribution in [1.29, 1.82) is 5.26 Å². The molecule has 0 amide bonds. The van der Waals surface area contributed by atoms with Gasteiger partial charge in [-0.15, -0.1) is 0 Å². The zero-order chi connectivity index (χ0) is 20.5. The highest BCUT2D eigenvalue weighted by molar-refractivity contribution is 5.98. The van der Waals surface area contributed by atoms with Crippen molar-refractivity contribution in [2.24, 2.45) is 0 Å². The third kappa shape index (κ3) is 3.76. The average molecular weight is 391 g/mol. The van der Waals surface area contributed by atoms with E-state index in [9.17, 15) is 26.7 Å². The first kappa shape index (κ1) is 19.2. The first-order chi connectivity index (χ1) is 13.2. The van der Waals surface area contributed by atoms with Crippen LogP contribution in [-0.2, 0) is 12.6 Å². The smallest absolute Gasteiger partial charge is 0.294 e. The number of nitriles is 1. The van der Waals surface area contributed by atoms with Gasteiger partial charge in [-0.1, -0.05) is 18.2 Å². The molecule has 0 aliphatic rings. The molecule has 0 saturated heterocycles. The zero-order valence-electron chi connectivity index (χ0n) is 14.0. The molecule has 0 fully saturated rings. The Labute approximate surface area is 155 Å². The van der Waals surface area contributed by atoms with Gasteiger partial charge in [0.15, 0.2) is 11.6 Å². The quantitative estimate of drug-likeness (QED) is 0.487. The summed E-state index contributed by atoms with van der Waals surface area (Å²) < 4.78 is 67.4. The van der Waals surface area contributed by atoms with Crippen molar-refractivity contribution in [3.8, 4) is 11.8 Å².